The Hall–Kier alpha value is -4.11. The second kappa shape index (κ2) is 10.5. The second-order valence-electron chi connectivity index (χ2n) is 8.02. The lowest BCUT2D eigenvalue weighted by Crippen LogP contribution is -2.11. The molecule has 0 saturated carbocycles. The maximum absolute atomic E-state index is 13.5. The summed E-state index contributed by atoms with van der Waals surface area (Å²) in [5, 5.41) is 26.1. The Balaban J connectivity index is 1.67. The van der Waals surface area contributed by atoms with Crippen LogP contribution in [-0.4, -0.2) is 49.6 Å². The molecule has 0 saturated heterocycles. The van der Waals surface area contributed by atoms with Crippen LogP contribution in [0.4, 0.5) is 5.69 Å². The van der Waals surface area contributed by atoms with Gasteiger partial charge in [0.2, 0.25) is 5.82 Å². The molecule has 0 aliphatic carbocycles. The Bertz CT molecular complexity index is 1570. The fourth-order valence-electron chi connectivity index (χ4n) is 4.06. The first kappa shape index (κ1) is 24.6. The van der Waals surface area contributed by atoms with E-state index in [1.54, 1.807) is 32.0 Å². The Labute approximate surface area is 212 Å². The third-order valence-electron chi connectivity index (χ3n) is 5.67. The smallest absolute Gasteiger partial charge is 0.361 e. The highest BCUT2D eigenvalue weighted by Crippen LogP contribution is 2.47. The van der Waals surface area contributed by atoms with E-state index in [0.717, 1.165) is 11.1 Å². The van der Waals surface area contributed by atoms with E-state index in [4.69, 9.17) is 14.0 Å². The lowest BCUT2D eigenvalue weighted by atomic mass is 10.0. The molecule has 3 aromatic carbocycles. The summed E-state index contributed by atoms with van der Waals surface area (Å²) in [6.45, 7) is 4.00. The first-order valence-electron chi connectivity index (χ1n) is 11.7. The van der Waals surface area contributed by atoms with Gasteiger partial charge in [-0.2, -0.15) is 5.21 Å². The highest BCUT2D eigenvalue weighted by Gasteiger charge is 2.28. The van der Waals surface area contributed by atoms with Crippen LogP contribution in [0.15, 0.2) is 77.8 Å². The number of H-pyrrole nitrogens is 2. The van der Waals surface area contributed by atoms with Crippen LogP contribution in [0.3, 0.4) is 0 Å². The SMILES string of the molecule is CCOP(=O)(OCC)c1ccc2[nH]c(O)c(C(=Nc3ccc(-c4nn[nH]n4)cc3)c3ccccc3)c2c1. The minimum absolute atomic E-state index is 0.0548. The summed E-state index contributed by atoms with van der Waals surface area (Å²) in [6, 6.07) is 22.1. The van der Waals surface area contributed by atoms with E-state index in [-0.39, 0.29) is 19.1 Å². The predicted octanol–water partition coefficient (Wildman–Crippen LogP) is 5.11. The number of tetrazole rings is 1. The Kier molecular flexibility index (Phi) is 6.96. The second-order valence-corrected chi connectivity index (χ2v) is 10.0. The zero-order valence-electron chi connectivity index (χ0n) is 20.3. The highest BCUT2D eigenvalue weighted by atomic mass is 31.2. The summed E-state index contributed by atoms with van der Waals surface area (Å²) < 4.78 is 24.6. The van der Waals surface area contributed by atoms with Gasteiger partial charge in [0.05, 0.1) is 35.5 Å². The van der Waals surface area contributed by atoms with Gasteiger partial charge >= 0.3 is 7.60 Å². The number of aromatic nitrogens is 5. The number of hydrogen-bond acceptors (Lipinski definition) is 8. The molecule has 0 aliphatic rings. The van der Waals surface area contributed by atoms with E-state index in [1.165, 1.54) is 0 Å². The van der Waals surface area contributed by atoms with Crippen molar-refractivity contribution in [2.75, 3.05) is 13.2 Å². The van der Waals surface area contributed by atoms with E-state index in [2.05, 4.69) is 25.6 Å². The molecule has 0 atom stereocenters. The molecular weight excluding hydrogens is 491 g/mol. The van der Waals surface area contributed by atoms with E-state index < -0.39 is 7.60 Å². The average Bonchev–Trinajstić information content (AvgIpc) is 3.56. The van der Waals surface area contributed by atoms with E-state index in [1.807, 2.05) is 54.6 Å². The lowest BCUT2D eigenvalue weighted by molar-refractivity contribution is 0.230. The largest absolute Gasteiger partial charge is 0.494 e. The normalized spacial score (nSPS) is 12.3. The molecule has 5 aromatic rings. The van der Waals surface area contributed by atoms with Crippen LogP contribution in [0.2, 0.25) is 0 Å². The number of nitrogens with one attached hydrogen (secondary N) is 2. The number of fused-ring (bicyclic) bond motifs is 1. The van der Waals surface area contributed by atoms with Gasteiger partial charge in [-0.15, -0.1) is 10.2 Å². The fraction of sp³-hybridized carbons (Fsp3) is 0.154. The summed E-state index contributed by atoms with van der Waals surface area (Å²) in [5.74, 6) is 0.425. The number of hydrogen-bond donors (Lipinski definition) is 3. The number of aliphatic imine (C=N–C) groups is 1. The van der Waals surface area contributed by atoms with Crippen LogP contribution in [0.25, 0.3) is 22.3 Å². The van der Waals surface area contributed by atoms with Crippen LogP contribution in [0.5, 0.6) is 5.88 Å². The van der Waals surface area contributed by atoms with Crippen molar-refractivity contribution in [1.82, 2.24) is 25.6 Å². The van der Waals surface area contributed by atoms with Gasteiger partial charge in [0.15, 0.2) is 5.88 Å². The molecule has 0 radical (unpaired) electrons. The molecule has 0 amide bonds. The van der Waals surface area contributed by atoms with Crippen molar-refractivity contribution in [3.63, 3.8) is 0 Å². The third kappa shape index (κ3) is 4.95. The zero-order valence-corrected chi connectivity index (χ0v) is 21.1. The Morgan fingerprint density at radius 3 is 2.38 bits per heavy atom. The molecule has 11 heteroatoms. The molecule has 0 aliphatic heterocycles. The summed E-state index contributed by atoms with van der Waals surface area (Å²) in [5.41, 5.74) is 3.92. The minimum Gasteiger partial charge on any atom is -0.494 e. The van der Waals surface area contributed by atoms with Crippen LogP contribution in [0, 0.1) is 0 Å². The van der Waals surface area contributed by atoms with Gasteiger partial charge in [-0.1, -0.05) is 30.3 Å². The molecule has 3 N–H and O–H groups in total. The monoisotopic (exact) mass is 516 g/mol. The third-order valence-corrected chi connectivity index (χ3v) is 7.78. The highest BCUT2D eigenvalue weighted by molar-refractivity contribution is 7.62. The van der Waals surface area contributed by atoms with Crippen LogP contribution >= 0.6 is 7.60 Å². The van der Waals surface area contributed by atoms with Crippen LogP contribution in [0.1, 0.15) is 25.0 Å². The first-order valence-corrected chi connectivity index (χ1v) is 13.3. The molecule has 0 fully saturated rings. The summed E-state index contributed by atoms with van der Waals surface area (Å²) in [7, 11) is -3.54. The standard InChI is InChI=1S/C26H25N6O4P/c1-3-35-37(34,36-4-2)20-14-15-22-21(16-20)23(26(33)28-22)24(17-8-6-5-7-9-17)27-19-12-10-18(11-13-19)25-29-31-32-30-25/h5-16,28,33H,3-4H2,1-2H3,(H,29,30,31,32). The maximum Gasteiger partial charge on any atom is 0.361 e. The molecule has 37 heavy (non-hydrogen) atoms. The van der Waals surface area contributed by atoms with E-state index >= 15 is 0 Å². The number of benzene rings is 3. The molecule has 188 valence electrons. The average molecular weight is 516 g/mol. The van der Waals surface area contributed by atoms with Crippen molar-refractivity contribution in [1.29, 1.82) is 0 Å². The Morgan fingerprint density at radius 1 is 1.00 bits per heavy atom. The van der Waals surface area contributed by atoms with Gasteiger partial charge in [-0.05, 0) is 61.5 Å². The summed E-state index contributed by atoms with van der Waals surface area (Å²) in [4.78, 5) is 7.92. The molecule has 0 spiro atoms. The van der Waals surface area contributed by atoms with Crippen molar-refractivity contribution in [2.24, 2.45) is 4.99 Å². The number of nitrogens with zero attached hydrogens (tertiary/aromatic N) is 4. The summed E-state index contributed by atoms with van der Waals surface area (Å²) >= 11 is 0. The molecule has 0 bridgehead atoms. The number of aromatic amines is 2. The van der Waals surface area contributed by atoms with Gasteiger partial charge < -0.3 is 19.1 Å². The molecule has 5 rings (SSSR count). The number of aromatic hydroxyl groups is 1. The van der Waals surface area contributed by atoms with Gasteiger partial charge in [-0.3, -0.25) is 4.57 Å². The van der Waals surface area contributed by atoms with Crippen molar-refractivity contribution in [3.8, 4) is 17.3 Å². The lowest BCUT2D eigenvalue weighted by Gasteiger charge is -2.17. The van der Waals surface area contributed by atoms with Crippen LogP contribution in [-0.2, 0) is 13.6 Å². The van der Waals surface area contributed by atoms with Gasteiger partial charge in [0.1, 0.15) is 0 Å². The van der Waals surface area contributed by atoms with Crippen molar-refractivity contribution < 1.29 is 18.7 Å². The molecule has 0 unspecified atom stereocenters. The maximum atomic E-state index is 13.5. The van der Waals surface area contributed by atoms with Crippen LogP contribution < -0.4 is 5.30 Å². The predicted molar refractivity (Wildman–Crippen MR) is 142 cm³/mol. The molecule has 2 aromatic heterocycles. The van der Waals surface area contributed by atoms with Gasteiger partial charge in [0, 0.05) is 22.0 Å². The molecular formula is C26H25N6O4P. The number of rotatable bonds is 9. The topological polar surface area (TPSA) is 138 Å². The molecule has 10 nitrogen and oxygen atoms in total. The van der Waals surface area contributed by atoms with Gasteiger partial charge in [-0.25, -0.2) is 4.99 Å². The quantitative estimate of drug-likeness (QED) is 0.183. The zero-order chi connectivity index (χ0) is 25.8. The van der Waals surface area contributed by atoms with E-state index in [9.17, 15) is 9.67 Å². The van der Waals surface area contributed by atoms with E-state index in [0.29, 0.717) is 39.0 Å². The molecule has 2 heterocycles. The van der Waals surface area contributed by atoms with Crippen molar-refractivity contribution in [3.05, 3.63) is 83.9 Å². The first-order chi connectivity index (χ1) is 18.0. The van der Waals surface area contributed by atoms with Crippen molar-refractivity contribution in [2.45, 2.75) is 13.8 Å². The fourth-order valence-corrected chi connectivity index (χ4v) is 5.66. The Morgan fingerprint density at radius 2 is 1.73 bits per heavy atom. The van der Waals surface area contributed by atoms with Crippen molar-refractivity contribution >= 4 is 35.2 Å². The van der Waals surface area contributed by atoms with Gasteiger partial charge in [0.25, 0.3) is 0 Å². The summed E-state index contributed by atoms with van der Waals surface area (Å²) in [6.07, 6.45) is 0. The minimum atomic E-state index is -3.54.